The molecule has 4 nitrogen and oxygen atoms in total. The van der Waals surface area contributed by atoms with Gasteiger partial charge in [0.1, 0.15) is 5.82 Å². The number of nitrogens with two attached hydrogens (primary N) is 1. The van der Waals surface area contributed by atoms with E-state index in [4.69, 9.17) is 5.73 Å². The third kappa shape index (κ3) is 6.16. The molecule has 1 aromatic heterocycles. The van der Waals surface area contributed by atoms with Crippen LogP contribution in [0.5, 0.6) is 0 Å². The van der Waals surface area contributed by atoms with Crippen LogP contribution in [0.2, 0.25) is 0 Å². The van der Waals surface area contributed by atoms with Gasteiger partial charge in [0.25, 0.3) is 0 Å². The third-order valence-corrected chi connectivity index (χ3v) is 1.86. The summed E-state index contributed by atoms with van der Waals surface area (Å²) < 4.78 is 0. The molecule has 1 aromatic rings. The van der Waals surface area contributed by atoms with Gasteiger partial charge in [-0.3, -0.25) is 5.10 Å². The number of nitrogens with one attached hydrogen (secondary N) is 1. The standard InChI is InChI=1S/C6H15N.C3H5N3/c1-4-7(5-2)6-3;4-3-1-2-5-6-3/h4-6H2,1-3H3;1-2H,(H3,4,5,6). The number of aromatic nitrogens is 2. The highest BCUT2D eigenvalue weighted by atomic mass is 15.1. The molecule has 0 saturated carbocycles. The molecule has 0 aromatic carbocycles. The molecule has 0 radical (unpaired) electrons. The molecule has 0 spiro atoms. The van der Waals surface area contributed by atoms with Gasteiger partial charge in [0.05, 0.1) is 6.20 Å². The van der Waals surface area contributed by atoms with Crippen molar-refractivity contribution >= 4 is 5.82 Å². The summed E-state index contributed by atoms with van der Waals surface area (Å²) >= 11 is 0. The predicted octanol–water partition coefficient (Wildman–Crippen LogP) is 1.34. The van der Waals surface area contributed by atoms with Crippen LogP contribution >= 0.6 is 0 Å². The fourth-order valence-corrected chi connectivity index (χ4v) is 0.937. The summed E-state index contributed by atoms with van der Waals surface area (Å²) in [6, 6.07) is 1.69. The lowest BCUT2D eigenvalue weighted by Gasteiger charge is -2.13. The van der Waals surface area contributed by atoms with Crippen molar-refractivity contribution in [2.75, 3.05) is 25.4 Å². The SMILES string of the molecule is CCN(CC)CC.Nc1ccn[nH]1. The molecule has 13 heavy (non-hydrogen) atoms. The Kier molecular flexibility index (Phi) is 7.01. The van der Waals surface area contributed by atoms with E-state index in [2.05, 4.69) is 35.9 Å². The first-order valence-corrected chi connectivity index (χ1v) is 4.71. The van der Waals surface area contributed by atoms with Crippen LogP contribution in [0.25, 0.3) is 0 Å². The molecule has 3 N–H and O–H groups in total. The van der Waals surface area contributed by atoms with Crippen LogP contribution in [-0.2, 0) is 0 Å². The normalized spacial score (nSPS) is 9.54. The Bertz CT molecular complexity index is 174. The first kappa shape index (κ1) is 12.0. The molecule has 0 aliphatic carbocycles. The smallest absolute Gasteiger partial charge is 0.118 e. The average molecular weight is 184 g/mol. The van der Waals surface area contributed by atoms with E-state index in [1.807, 2.05) is 0 Å². The zero-order valence-electron chi connectivity index (χ0n) is 8.75. The Balaban J connectivity index is 0.000000223. The van der Waals surface area contributed by atoms with Gasteiger partial charge in [-0.25, -0.2) is 0 Å². The number of anilines is 1. The van der Waals surface area contributed by atoms with E-state index in [-0.39, 0.29) is 0 Å². The number of rotatable bonds is 3. The molecule has 0 unspecified atom stereocenters. The number of H-pyrrole nitrogens is 1. The monoisotopic (exact) mass is 184 g/mol. The van der Waals surface area contributed by atoms with E-state index in [0.717, 1.165) is 0 Å². The van der Waals surface area contributed by atoms with Crippen molar-refractivity contribution < 1.29 is 0 Å². The number of nitrogen functional groups attached to an aromatic ring is 1. The molecular weight excluding hydrogens is 164 g/mol. The summed E-state index contributed by atoms with van der Waals surface area (Å²) in [6.07, 6.45) is 1.61. The van der Waals surface area contributed by atoms with E-state index < -0.39 is 0 Å². The quantitative estimate of drug-likeness (QED) is 0.745. The summed E-state index contributed by atoms with van der Waals surface area (Å²) in [5.41, 5.74) is 5.16. The van der Waals surface area contributed by atoms with Crippen molar-refractivity contribution in [3.8, 4) is 0 Å². The maximum Gasteiger partial charge on any atom is 0.118 e. The summed E-state index contributed by atoms with van der Waals surface area (Å²) in [5.74, 6) is 0.606. The van der Waals surface area contributed by atoms with Crippen LogP contribution in [0.4, 0.5) is 5.82 Å². The van der Waals surface area contributed by atoms with Gasteiger partial charge in [0.2, 0.25) is 0 Å². The van der Waals surface area contributed by atoms with Crippen LogP contribution in [0.15, 0.2) is 12.3 Å². The summed E-state index contributed by atoms with van der Waals surface area (Å²) in [5, 5.41) is 6.10. The first-order chi connectivity index (χ1) is 6.24. The predicted molar refractivity (Wildman–Crippen MR) is 56.5 cm³/mol. The molecule has 0 aliphatic rings. The molecule has 76 valence electrons. The Labute approximate surface area is 80.1 Å². The van der Waals surface area contributed by atoms with Gasteiger partial charge in [-0.2, -0.15) is 5.10 Å². The molecule has 0 amide bonds. The second-order valence-electron chi connectivity index (χ2n) is 2.63. The lowest BCUT2D eigenvalue weighted by atomic mass is 10.5. The Morgan fingerprint density at radius 2 is 1.85 bits per heavy atom. The first-order valence-electron chi connectivity index (χ1n) is 4.71. The number of nitrogens with zero attached hydrogens (tertiary/aromatic N) is 2. The zero-order valence-corrected chi connectivity index (χ0v) is 8.75. The number of hydrogen-bond donors (Lipinski definition) is 2. The fourth-order valence-electron chi connectivity index (χ4n) is 0.937. The lowest BCUT2D eigenvalue weighted by molar-refractivity contribution is 0.321. The fraction of sp³-hybridized carbons (Fsp3) is 0.667. The molecule has 0 atom stereocenters. The topological polar surface area (TPSA) is 57.9 Å². The molecule has 0 aliphatic heterocycles. The van der Waals surface area contributed by atoms with Gasteiger partial charge in [-0.1, -0.05) is 20.8 Å². The van der Waals surface area contributed by atoms with E-state index in [9.17, 15) is 0 Å². The number of hydrogen-bond acceptors (Lipinski definition) is 3. The minimum Gasteiger partial charge on any atom is -0.384 e. The van der Waals surface area contributed by atoms with Gasteiger partial charge in [-0.15, -0.1) is 0 Å². The van der Waals surface area contributed by atoms with Gasteiger partial charge in [0, 0.05) is 0 Å². The van der Waals surface area contributed by atoms with Gasteiger partial charge >= 0.3 is 0 Å². The van der Waals surface area contributed by atoms with Crippen LogP contribution < -0.4 is 5.73 Å². The van der Waals surface area contributed by atoms with Crippen molar-refractivity contribution in [2.45, 2.75) is 20.8 Å². The van der Waals surface area contributed by atoms with Crippen molar-refractivity contribution in [1.82, 2.24) is 15.1 Å². The minimum absolute atomic E-state index is 0.606. The second-order valence-corrected chi connectivity index (χ2v) is 2.63. The Morgan fingerprint density at radius 3 is 1.92 bits per heavy atom. The van der Waals surface area contributed by atoms with Gasteiger partial charge in [0.15, 0.2) is 0 Å². The lowest BCUT2D eigenvalue weighted by Crippen LogP contribution is -2.21. The molecule has 4 heteroatoms. The zero-order chi connectivity index (χ0) is 10.1. The highest BCUT2D eigenvalue weighted by Gasteiger charge is 1.89. The summed E-state index contributed by atoms with van der Waals surface area (Å²) in [6.45, 7) is 10.1. The molecule has 0 saturated heterocycles. The molecule has 1 heterocycles. The summed E-state index contributed by atoms with van der Waals surface area (Å²) in [7, 11) is 0. The van der Waals surface area contributed by atoms with Crippen molar-refractivity contribution in [1.29, 1.82) is 0 Å². The molecular formula is C9H20N4. The highest BCUT2D eigenvalue weighted by Crippen LogP contribution is 1.86. The highest BCUT2D eigenvalue weighted by molar-refractivity contribution is 5.22. The van der Waals surface area contributed by atoms with Gasteiger partial charge in [-0.05, 0) is 25.7 Å². The van der Waals surface area contributed by atoms with Crippen LogP contribution in [0, 0.1) is 0 Å². The van der Waals surface area contributed by atoms with E-state index in [0.29, 0.717) is 5.82 Å². The van der Waals surface area contributed by atoms with E-state index in [1.54, 1.807) is 12.3 Å². The third-order valence-electron chi connectivity index (χ3n) is 1.86. The van der Waals surface area contributed by atoms with E-state index in [1.165, 1.54) is 19.6 Å². The molecule has 0 fully saturated rings. The van der Waals surface area contributed by atoms with Crippen LogP contribution in [0.3, 0.4) is 0 Å². The summed E-state index contributed by atoms with van der Waals surface area (Å²) in [4.78, 5) is 2.38. The van der Waals surface area contributed by atoms with Crippen molar-refractivity contribution in [2.24, 2.45) is 0 Å². The van der Waals surface area contributed by atoms with Crippen LogP contribution in [0.1, 0.15) is 20.8 Å². The van der Waals surface area contributed by atoms with Crippen LogP contribution in [-0.4, -0.2) is 34.7 Å². The Hall–Kier alpha value is -1.03. The number of aromatic amines is 1. The average Bonchev–Trinajstić information content (AvgIpc) is 2.60. The maximum atomic E-state index is 5.16. The van der Waals surface area contributed by atoms with Crippen molar-refractivity contribution in [3.63, 3.8) is 0 Å². The maximum absolute atomic E-state index is 5.16. The Morgan fingerprint density at radius 1 is 1.31 bits per heavy atom. The molecule has 1 rings (SSSR count). The largest absolute Gasteiger partial charge is 0.384 e. The van der Waals surface area contributed by atoms with Crippen molar-refractivity contribution in [3.05, 3.63) is 12.3 Å². The van der Waals surface area contributed by atoms with E-state index >= 15 is 0 Å². The second kappa shape index (κ2) is 7.61. The minimum atomic E-state index is 0.606. The van der Waals surface area contributed by atoms with Gasteiger partial charge < -0.3 is 10.6 Å². The molecule has 0 bridgehead atoms.